The van der Waals surface area contributed by atoms with E-state index < -0.39 is 0 Å². The highest BCUT2D eigenvalue weighted by Crippen LogP contribution is 2.14. The maximum absolute atomic E-state index is 10.4. The van der Waals surface area contributed by atoms with Gasteiger partial charge in [-0.15, -0.1) is 20.4 Å². The second kappa shape index (κ2) is 36.1. The number of likely N-dealkylation sites (N-methyl/N-ethyl adjacent to an activating group) is 1. The molecule has 0 N–H and O–H groups in total. The lowest BCUT2D eigenvalue weighted by Gasteiger charge is -1.98. The van der Waals surface area contributed by atoms with Crippen LogP contribution in [0.2, 0.25) is 0 Å². The number of aryl methyl sites for hydroxylation is 9. The lowest BCUT2D eigenvalue weighted by atomic mass is 10.2. The minimum atomic E-state index is -0.0417. The van der Waals surface area contributed by atoms with Crippen molar-refractivity contribution >= 4 is 61.8 Å². The van der Waals surface area contributed by atoms with Crippen LogP contribution in [0, 0.1) is 13.8 Å². The predicted octanol–water partition coefficient (Wildman–Crippen LogP) is 6.97. The van der Waals surface area contributed by atoms with Crippen molar-refractivity contribution in [1.29, 1.82) is 0 Å². The van der Waals surface area contributed by atoms with Gasteiger partial charge >= 0.3 is 0 Å². The summed E-state index contributed by atoms with van der Waals surface area (Å²) in [6, 6.07) is 40.9. The predicted molar refractivity (Wildman–Crippen MR) is 328 cm³/mol. The normalized spacial score (nSPS) is 11.2. The molecule has 2 aliphatic rings. The first-order chi connectivity index (χ1) is 41.6. The largest absolute Gasteiger partial charge is 0.351 e. The second-order valence-electron chi connectivity index (χ2n) is 18.1. The molecule has 28 heteroatoms. The Labute approximate surface area is 496 Å². The molecule has 0 bridgehead atoms. The van der Waals surface area contributed by atoms with E-state index in [1.807, 2.05) is 117 Å². The van der Waals surface area contributed by atoms with E-state index in [9.17, 15) is 9.59 Å². The zero-order valence-corrected chi connectivity index (χ0v) is 49.9. The molecule has 0 unspecified atom stereocenters. The maximum atomic E-state index is 10.4. The van der Waals surface area contributed by atoms with Crippen molar-refractivity contribution < 1.29 is 9.59 Å². The zero-order chi connectivity index (χ0) is 61.9. The van der Waals surface area contributed by atoms with E-state index in [1.165, 1.54) is 80.8 Å². The van der Waals surface area contributed by atoms with Gasteiger partial charge in [0.2, 0.25) is 5.91 Å². The minimum absolute atomic E-state index is 0.0417. The number of carbonyl (C=O) groups is 2. The van der Waals surface area contributed by atoms with Gasteiger partial charge in [0, 0.05) is 110 Å². The smallest absolute Gasteiger partial charge is 0.267 e. The van der Waals surface area contributed by atoms with Crippen molar-refractivity contribution in [2.24, 2.45) is 64.8 Å². The standard InChI is InChI=1S/C10H9N.C9H9N.2C8H8N2.C6H7N.C4H6N2O.C3H5N3O.2C3H5N3.2C2H4N4/c1-8-6-9-4-2-3-5-10(9)11-7-8;1-10-7-6-8-4-2-3-5-9(8)10;1-10-6-9-7-4-2-3-5-8(7)10;1-10-8-5-3-2-4-7(8)6-9-10;1-6-2-4-7-5-3-6;1-6-4(7)2-3-5-6;1-6-3(7)2-4-5-6;1-6-3-2-4-5-6;1-6-4-2-3-5-6;1-6-2-3-4-5-6;1-6-4-2-3-5-6/h2-7H,1H3;2-7H,1H3;2*2-6H,1H3;2-5H,1H3;3H,2H2,1H3;2H2,1H3;2*2-3H,1H3;2*2H,1H3. The number of imidazole rings is 1. The van der Waals surface area contributed by atoms with Gasteiger partial charge < -0.3 is 9.13 Å². The summed E-state index contributed by atoms with van der Waals surface area (Å²) in [6.07, 6.45) is 22.9. The third-order valence-corrected chi connectivity index (χ3v) is 11.3. The average Bonchev–Trinajstić information content (AvgIpc) is 4.10. The number of hydrazone groups is 1. The van der Waals surface area contributed by atoms with Gasteiger partial charge in [0.25, 0.3) is 5.91 Å². The van der Waals surface area contributed by atoms with Crippen LogP contribution in [-0.2, 0) is 58.9 Å². The highest BCUT2D eigenvalue weighted by Gasteiger charge is 2.11. The molecule has 0 aliphatic carbocycles. The number of hydrogen-bond acceptors (Lipinski definition) is 19. The van der Waals surface area contributed by atoms with Crippen LogP contribution >= 0.6 is 0 Å². The summed E-state index contributed by atoms with van der Waals surface area (Å²) in [5.41, 5.74) is 8.26. The van der Waals surface area contributed by atoms with Crippen LogP contribution in [0.5, 0.6) is 0 Å². The molecule has 0 fully saturated rings. The Balaban J connectivity index is 0.000000174. The number of hydrogen-bond donors (Lipinski definition) is 0. The number of benzene rings is 4. The monoisotopic (exact) mass is 1160 g/mol. The molecule has 0 saturated heterocycles. The first-order valence-corrected chi connectivity index (χ1v) is 26.4. The number of rotatable bonds is 0. The van der Waals surface area contributed by atoms with Crippen LogP contribution in [0.25, 0.3) is 43.7 Å². The molecule has 0 spiro atoms. The van der Waals surface area contributed by atoms with E-state index in [1.54, 1.807) is 83.3 Å². The van der Waals surface area contributed by atoms with Gasteiger partial charge in [-0.1, -0.05) is 77.2 Å². The third kappa shape index (κ3) is 23.9. The van der Waals surface area contributed by atoms with Crippen LogP contribution < -0.4 is 0 Å². The van der Waals surface area contributed by atoms with Crippen molar-refractivity contribution in [2.45, 2.75) is 20.3 Å². The van der Waals surface area contributed by atoms with Gasteiger partial charge in [-0.05, 0) is 101 Å². The maximum Gasteiger partial charge on any atom is 0.267 e. The molecular formula is C58H70N26O2. The molecule has 11 heterocycles. The van der Waals surface area contributed by atoms with Gasteiger partial charge in [-0.25, -0.2) is 19.7 Å². The number of nitrogens with zero attached hydrogens (tertiary/aromatic N) is 26. The summed E-state index contributed by atoms with van der Waals surface area (Å²) < 4.78 is 9.17. The first-order valence-electron chi connectivity index (χ1n) is 26.4. The summed E-state index contributed by atoms with van der Waals surface area (Å²) in [4.78, 5) is 35.9. The van der Waals surface area contributed by atoms with E-state index in [2.05, 4.69) is 172 Å². The van der Waals surface area contributed by atoms with E-state index in [4.69, 9.17) is 0 Å². The topological polar surface area (TPSA) is 293 Å². The molecule has 2 amide bonds. The number of pyridine rings is 2. The van der Waals surface area contributed by atoms with Gasteiger partial charge in [0.1, 0.15) is 12.9 Å². The van der Waals surface area contributed by atoms with Crippen molar-refractivity contribution in [2.75, 3.05) is 20.6 Å². The zero-order valence-electron chi connectivity index (χ0n) is 49.9. The highest BCUT2D eigenvalue weighted by molar-refractivity contribution is 5.93. The molecular weight excluding hydrogens is 1090 g/mol. The minimum Gasteiger partial charge on any atom is -0.351 e. The number of amides is 2. The Morgan fingerprint density at radius 3 is 1.56 bits per heavy atom. The number of carbonyl (C=O) groups excluding carboxylic acids is 2. The van der Waals surface area contributed by atoms with Crippen LogP contribution in [0.4, 0.5) is 0 Å². The molecule has 444 valence electrons. The van der Waals surface area contributed by atoms with E-state index in [-0.39, 0.29) is 18.4 Å². The lowest BCUT2D eigenvalue weighted by molar-refractivity contribution is -0.127. The van der Waals surface area contributed by atoms with Crippen molar-refractivity contribution in [1.82, 2.24) is 114 Å². The first kappa shape index (κ1) is 65.4. The van der Waals surface area contributed by atoms with Crippen molar-refractivity contribution in [3.05, 3.63) is 207 Å². The fourth-order valence-corrected chi connectivity index (χ4v) is 6.77. The molecule has 15 rings (SSSR count). The number of aromatic nitrogens is 21. The summed E-state index contributed by atoms with van der Waals surface area (Å²) in [5.74, 6) is 0.0278. The molecule has 0 radical (unpaired) electrons. The summed E-state index contributed by atoms with van der Waals surface area (Å²) in [6.45, 7) is 4.32. The van der Waals surface area contributed by atoms with Crippen molar-refractivity contribution in [3.63, 3.8) is 0 Å². The second-order valence-corrected chi connectivity index (χ2v) is 18.1. The fraction of sp³-hybridized carbons (Fsp3) is 0.224. The average molecular weight is 1160 g/mol. The SMILES string of the molecule is CN1N=CCC1=O.CN1N=NCC1=O.Cc1ccncc1.Cc1cnc2ccccc2c1.Cn1ccc2ccccc21.Cn1ccnn1.Cn1cnc2ccccc21.Cn1cnnn1.Cn1ncc2ccccc21.Cn1nccn1.Cn1ncnn1. The molecule has 28 nitrogen and oxygen atoms in total. The Kier molecular flexibility index (Phi) is 27.4. The van der Waals surface area contributed by atoms with Crippen LogP contribution in [0.1, 0.15) is 17.5 Å². The number of para-hydroxylation sites is 5. The molecule has 0 atom stereocenters. The van der Waals surface area contributed by atoms with Crippen LogP contribution in [0.15, 0.2) is 212 Å². The van der Waals surface area contributed by atoms with Crippen LogP contribution in [0.3, 0.4) is 0 Å². The lowest BCUT2D eigenvalue weighted by Crippen LogP contribution is -2.16. The Hall–Kier alpha value is -11.4. The van der Waals surface area contributed by atoms with Gasteiger partial charge in [-0.2, -0.15) is 35.1 Å². The number of fused-ring (bicyclic) bond motifs is 4. The summed E-state index contributed by atoms with van der Waals surface area (Å²) in [5, 5.41) is 56.2. The summed E-state index contributed by atoms with van der Waals surface area (Å²) >= 11 is 0. The quantitative estimate of drug-likeness (QED) is 0.148. The molecule has 9 aromatic heterocycles. The van der Waals surface area contributed by atoms with Gasteiger partial charge in [0.15, 0.2) is 6.33 Å². The van der Waals surface area contributed by atoms with Gasteiger partial charge in [-0.3, -0.25) is 28.9 Å². The van der Waals surface area contributed by atoms with Gasteiger partial charge in [0.05, 0.1) is 66.6 Å². The third-order valence-electron chi connectivity index (χ3n) is 11.3. The summed E-state index contributed by atoms with van der Waals surface area (Å²) in [7, 11) is 16.3. The fourth-order valence-electron chi connectivity index (χ4n) is 6.77. The Bertz CT molecular complexity index is 3660. The molecule has 2 aliphatic heterocycles. The molecule has 4 aromatic carbocycles. The number of tetrazole rings is 2. The van der Waals surface area contributed by atoms with E-state index in [0.717, 1.165) is 11.0 Å². The van der Waals surface area contributed by atoms with Crippen molar-refractivity contribution in [3.8, 4) is 0 Å². The van der Waals surface area contributed by atoms with Crippen LogP contribution in [-0.4, -0.2) is 153 Å². The molecule has 0 saturated carbocycles. The Morgan fingerprint density at radius 2 is 1.13 bits per heavy atom. The molecule has 13 aromatic rings. The highest BCUT2D eigenvalue weighted by atomic mass is 16.2. The Morgan fingerprint density at radius 1 is 0.465 bits per heavy atom. The molecule has 86 heavy (non-hydrogen) atoms. The van der Waals surface area contributed by atoms with E-state index in [0.29, 0.717) is 6.42 Å². The van der Waals surface area contributed by atoms with E-state index >= 15 is 0 Å².